The minimum atomic E-state index is -0.564. The number of likely N-dealkylation sites (N-methyl/N-ethyl adjacent to an activating group) is 1. The molecular weight excluding hydrogens is 496 g/mol. The van der Waals surface area contributed by atoms with Crippen LogP contribution in [-0.2, 0) is 20.1 Å². The SMILES string of the molecule is CCN1Cc2c(c(OC(C)C)nn2CC(C)O)/C=C/c2[nH]nc3ncc(cc23)-c2c(C)nn(C)c2OC(C)C1. The molecule has 0 amide bonds. The summed E-state index contributed by atoms with van der Waals surface area (Å²) in [4.78, 5) is 6.94. The molecule has 2 N–H and O–H groups in total. The maximum atomic E-state index is 10.3. The maximum Gasteiger partial charge on any atom is 0.240 e. The van der Waals surface area contributed by atoms with Crippen LogP contribution in [0.1, 0.15) is 57.3 Å². The van der Waals surface area contributed by atoms with Gasteiger partial charge in [0, 0.05) is 37.3 Å². The monoisotopic (exact) mass is 534 g/mol. The van der Waals surface area contributed by atoms with Gasteiger partial charge in [0.25, 0.3) is 0 Å². The fourth-order valence-corrected chi connectivity index (χ4v) is 5.09. The summed E-state index contributed by atoms with van der Waals surface area (Å²) in [6.45, 7) is 14.4. The molecule has 0 fully saturated rings. The number of rotatable bonds is 5. The zero-order valence-electron chi connectivity index (χ0n) is 23.8. The number of aromatic amines is 1. The molecule has 0 aliphatic carbocycles. The Kier molecular flexibility index (Phi) is 7.46. The van der Waals surface area contributed by atoms with Crippen LogP contribution < -0.4 is 9.47 Å². The lowest BCUT2D eigenvalue weighted by Crippen LogP contribution is -2.35. The fourth-order valence-electron chi connectivity index (χ4n) is 5.09. The number of hydrogen-bond donors (Lipinski definition) is 2. The molecule has 208 valence electrons. The van der Waals surface area contributed by atoms with Crippen molar-refractivity contribution in [3.8, 4) is 22.9 Å². The number of aliphatic hydroxyl groups is 1. The van der Waals surface area contributed by atoms with Crippen molar-refractivity contribution >= 4 is 23.2 Å². The second-order valence-corrected chi connectivity index (χ2v) is 10.6. The lowest BCUT2D eigenvalue weighted by Gasteiger charge is -2.26. The maximum absolute atomic E-state index is 10.3. The highest BCUT2D eigenvalue weighted by Gasteiger charge is 2.25. The Labute approximate surface area is 228 Å². The van der Waals surface area contributed by atoms with E-state index in [0.29, 0.717) is 37.0 Å². The van der Waals surface area contributed by atoms with Crippen LogP contribution in [0.25, 0.3) is 34.3 Å². The third kappa shape index (κ3) is 5.41. The molecule has 0 saturated carbocycles. The van der Waals surface area contributed by atoms with Crippen molar-refractivity contribution in [3.63, 3.8) is 0 Å². The van der Waals surface area contributed by atoms with Crippen molar-refractivity contribution < 1.29 is 14.6 Å². The van der Waals surface area contributed by atoms with Crippen molar-refractivity contribution in [1.82, 2.24) is 39.6 Å². The third-order valence-corrected chi connectivity index (χ3v) is 6.81. The number of H-pyrrole nitrogens is 1. The molecule has 11 heteroatoms. The summed E-state index contributed by atoms with van der Waals surface area (Å²) >= 11 is 0. The van der Waals surface area contributed by atoms with Crippen LogP contribution in [0.2, 0.25) is 0 Å². The molecule has 0 saturated heterocycles. The minimum Gasteiger partial charge on any atom is -0.473 e. The van der Waals surface area contributed by atoms with Gasteiger partial charge in [0.05, 0.1) is 47.0 Å². The zero-order chi connectivity index (χ0) is 27.8. The standard InChI is InChI=1S/C28H38N8O3/c1-8-35-14-18(5)39-28-25(19(6)32-34(28)7)20-11-22-23(30-31-26(22)29-12-20)10-9-21-24(15-35)36(13-17(4)37)33-27(21)38-16(2)3/h9-12,16-18,37H,8,13-15H2,1-7H3,(H,29,30,31)/b10-9+. The topological polar surface area (TPSA) is 119 Å². The Balaban J connectivity index is 1.72. The van der Waals surface area contributed by atoms with Crippen LogP contribution in [0.15, 0.2) is 12.3 Å². The van der Waals surface area contributed by atoms with Crippen molar-refractivity contribution in [2.24, 2.45) is 7.05 Å². The van der Waals surface area contributed by atoms with Gasteiger partial charge in [-0.15, -0.1) is 5.10 Å². The summed E-state index contributed by atoms with van der Waals surface area (Å²) in [5, 5.41) is 28.1. The second kappa shape index (κ2) is 10.8. The number of aliphatic hydroxyl groups excluding tert-OH is 1. The molecule has 11 nitrogen and oxygen atoms in total. The summed E-state index contributed by atoms with van der Waals surface area (Å²) < 4.78 is 16.4. The molecule has 2 unspecified atom stereocenters. The van der Waals surface area contributed by atoms with Crippen LogP contribution in [0.5, 0.6) is 11.8 Å². The molecule has 0 spiro atoms. The minimum absolute atomic E-state index is 0.0557. The van der Waals surface area contributed by atoms with Gasteiger partial charge in [0.2, 0.25) is 11.8 Å². The van der Waals surface area contributed by atoms with Gasteiger partial charge in [-0.25, -0.2) is 9.67 Å². The first-order valence-corrected chi connectivity index (χ1v) is 13.5. The van der Waals surface area contributed by atoms with Crippen LogP contribution >= 0.6 is 0 Å². The first kappa shape index (κ1) is 26.9. The molecule has 39 heavy (non-hydrogen) atoms. The van der Waals surface area contributed by atoms with E-state index in [1.807, 2.05) is 50.8 Å². The second-order valence-electron chi connectivity index (χ2n) is 10.6. The summed E-state index contributed by atoms with van der Waals surface area (Å²) in [5.74, 6) is 1.25. The highest BCUT2D eigenvalue weighted by atomic mass is 16.5. The van der Waals surface area contributed by atoms with Gasteiger partial charge >= 0.3 is 0 Å². The van der Waals surface area contributed by atoms with Crippen molar-refractivity contribution in [2.45, 2.75) is 72.9 Å². The number of aryl methyl sites for hydroxylation is 2. The third-order valence-electron chi connectivity index (χ3n) is 6.81. The van der Waals surface area contributed by atoms with Crippen LogP contribution in [-0.4, -0.2) is 76.2 Å². The number of nitrogens with zero attached hydrogens (tertiary/aromatic N) is 7. The first-order valence-electron chi connectivity index (χ1n) is 13.5. The Morgan fingerprint density at radius 1 is 1.23 bits per heavy atom. The predicted octanol–water partition coefficient (Wildman–Crippen LogP) is 3.80. The van der Waals surface area contributed by atoms with Gasteiger partial charge in [-0.05, 0) is 59.4 Å². The largest absolute Gasteiger partial charge is 0.473 e. The van der Waals surface area contributed by atoms with E-state index in [-0.39, 0.29) is 12.2 Å². The van der Waals surface area contributed by atoms with Gasteiger partial charge in [-0.1, -0.05) is 6.92 Å². The Morgan fingerprint density at radius 3 is 2.74 bits per heavy atom. The average Bonchev–Trinajstić information content (AvgIpc) is 3.49. The van der Waals surface area contributed by atoms with E-state index < -0.39 is 6.10 Å². The molecule has 5 rings (SSSR count). The molecular formula is C28H38N8O3. The van der Waals surface area contributed by atoms with E-state index in [2.05, 4.69) is 45.1 Å². The zero-order valence-corrected chi connectivity index (χ0v) is 23.8. The Morgan fingerprint density at radius 2 is 2.03 bits per heavy atom. The van der Waals surface area contributed by atoms with Gasteiger partial charge < -0.3 is 14.6 Å². The lowest BCUT2D eigenvalue weighted by atomic mass is 10.1. The first-order chi connectivity index (χ1) is 18.6. The highest BCUT2D eigenvalue weighted by Crippen LogP contribution is 2.36. The van der Waals surface area contributed by atoms with E-state index in [9.17, 15) is 5.11 Å². The molecule has 1 aliphatic heterocycles. The highest BCUT2D eigenvalue weighted by molar-refractivity contribution is 5.91. The van der Waals surface area contributed by atoms with E-state index >= 15 is 0 Å². The quantitative estimate of drug-likeness (QED) is 0.397. The number of aromatic nitrogens is 7. The summed E-state index contributed by atoms with van der Waals surface area (Å²) in [5.41, 5.74) is 6.01. The van der Waals surface area contributed by atoms with Crippen molar-refractivity contribution in [3.05, 3.63) is 34.9 Å². The van der Waals surface area contributed by atoms with E-state index in [4.69, 9.17) is 14.6 Å². The molecule has 2 bridgehead atoms. The van der Waals surface area contributed by atoms with Crippen molar-refractivity contribution in [2.75, 3.05) is 13.1 Å². The summed E-state index contributed by atoms with van der Waals surface area (Å²) in [6, 6.07) is 2.08. The summed E-state index contributed by atoms with van der Waals surface area (Å²) in [7, 11) is 1.90. The lowest BCUT2D eigenvalue weighted by molar-refractivity contribution is 0.131. The molecule has 0 radical (unpaired) electrons. The summed E-state index contributed by atoms with van der Waals surface area (Å²) in [6.07, 6.45) is 5.09. The molecule has 4 aromatic rings. The van der Waals surface area contributed by atoms with Crippen LogP contribution in [0, 0.1) is 6.92 Å². The predicted molar refractivity (Wildman–Crippen MR) is 150 cm³/mol. The van der Waals surface area contributed by atoms with Gasteiger partial charge in [0.15, 0.2) is 5.65 Å². The Hall–Kier alpha value is -3.70. The van der Waals surface area contributed by atoms with Gasteiger partial charge in [0.1, 0.15) is 6.10 Å². The Bertz CT molecular complexity index is 1500. The molecule has 1 aliphatic rings. The van der Waals surface area contributed by atoms with E-state index in [1.54, 1.807) is 11.6 Å². The number of ether oxygens (including phenoxy) is 2. The number of pyridine rings is 1. The van der Waals surface area contributed by atoms with Crippen LogP contribution in [0.4, 0.5) is 0 Å². The fraction of sp³-hybridized carbons (Fsp3) is 0.500. The smallest absolute Gasteiger partial charge is 0.240 e. The van der Waals surface area contributed by atoms with Gasteiger partial charge in [-0.3, -0.25) is 14.7 Å². The molecule has 0 aromatic carbocycles. The van der Waals surface area contributed by atoms with Gasteiger partial charge in [-0.2, -0.15) is 10.2 Å². The van der Waals surface area contributed by atoms with E-state index in [0.717, 1.165) is 45.7 Å². The van der Waals surface area contributed by atoms with E-state index in [1.165, 1.54) is 0 Å². The molecule has 5 heterocycles. The average molecular weight is 535 g/mol. The number of hydrogen-bond acceptors (Lipinski definition) is 8. The van der Waals surface area contributed by atoms with Crippen molar-refractivity contribution in [1.29, 1.82) is 0 Å². The number of fused-ring (bicyclic) bond motifs is 4. The molecule has 4 aromatic heterocycles. The number of nitrogens with one attached hydrogen (secondary N) is 1. The molecule has 2 atom stereocenters. The van der Waals surface area contributed by atoms with Crippen LogP contribution in [0.3, 0.4) is 0 Å². The normalized spacial score (nSPS) is 17.9.